The highest BCUT2D eigenvalue weighted by atomic mass is 79.9. The molecule has 0 radical (unpaired) electrons. The Hall–Kier alpha value is -0.0500. The molecule has 1 amide bonds. The van der Waals surface area contributed by atoms with Gasteiger partial charge in [-0.05, 0) is 37.5 Å². The SMILES string of the molecule is CC(Br)CCNC(=O)C1CCC2CCCCC2C1. The zero-order chi connectivity index (χ0) is 13.0. The van der Waals surface area contributed by atoms with Crippen molar-refractivity contribution in [1.29, 1.82) is 0 Å². The Kier molecular flexibility index (Phi) is 5.53. The van der Waals surface area contributed by atoms with E-state index in [9.17, 15) is 4.79 Å². The van der Waals surface area contributed by atoms with Crippen molar-refractivity contribution in [2.45, 2.75) is 63.1 Å². The molecule has 2 fully saturated rings. The van der Waals surface area contributed by atoms with Crippen molar-refractivity contribution >= 4 is 21.8 Å². The topological polar surface area (TPSA) is 29.1 Å². The number of alkyl halides is 1. The lowest BCUT2D eigenvalue weighted by atomic mass is 9.67. The summed E-state index contributed by atoms with van der Waals surface area (Å²) in [6.45, 7) is 2.94. The second kappa shape index (κ2) is 6.93. The van der Waals surface area contributed by atoms with E-state index >= 15 is 0 Å². The lowest BCUT2D eigenvalue weighted by Crippen LogP contribution is -2.37. The quantitative estimate of drug-likeness (QED) is 0.784. The predicted molar refractivity (Wildman–Crippen MR) is 78.8 cm³/mol. The monoisotopic (exact) mass is 315 g/mol. The van der Waals surface area contributed by atoms with Gasteiger partial charge in [0.25, 0.3) is 0 Å². The maximum absolute atomic E-state index is 12.1. The molecule has 2 aliphatic carbocycles. The molecule has 0 heterocycles. The maximum Gasteiger partial charge on any atom is 0.223 e. The second-order valence-electron chi connectivity index (χ2n) is 6.18. The minimum atomic E-state index is 0.301. The highest BCUT2D eigenvalue weighted by Gasteiger charge is 2.34. The van der Waals surface area contributed by atoms with Gasteiger partial charge in [0, 0.05) is 17.3 Å². The first-order valence-corrected chi connectivity index (χ1v) is 8.50. The van der Waals surface area contributed by atoms with E-state index in [0.717, 1.165) is 37.6 Å². The van der Waals surface area contributed by atoms with Crippen LogP contribution in [0, 0.1) is 17.8 Å². The van der Waals surface area contributed by atoms with Crippen LogP contribution in [0.1, 0.15) is 58.3 Å². The third-order valence-electron chi connectivity index (χ3n) is 4.75. The first kappa shape index (κ1) is 14.4. The Bertz CT molecular complexity index is 280. The zero-order valence-corrected chi connectivity index (χ0v) is 13.0. The fourth-order valence-corrected chi connectivity index (χ4v) is 3.88. The smallest absolute Gasteiger partial charge is 0.223 e. The fourth-order valence-electron chi connectivity index (χ4n) is 3.65. The highest BCUT2D eigenvalue weighted by molar-refractivity contribution is 9.09. The van der Waals surface area contributed by atoms with E-state index in [1.54, 1.807) is 0 Å². The average molecular weight is 316 g/mol. The highest BCUT2D eigenvalue weighted by Crippen LogP contribution is 2.42. The van der Waals surface area contributed by atoms with Crippen molar-refractivity contribution in [3.8, 4) is 0 Å². The number of nitrogens with one attached hydrogen (secondary N) is 1. The summed E-state index contributed by atoms with van der Waals surface area (Å²) in [6, 6.07) is 0. The lowest BCUT2D eigenvalue weighted by Gasteiger charge is -2.38. The Morgan fingerprint density at radius 3 is 2.67 bits per heavy atom. The van der Waals surface area contributed by atoms with Gasteiger partial charge in [0.05, 0.1) is 0 Å². The summed E-state index contributed by atoms with van der Waals surface area (Å²) >= 11 is 3.51. The number of hydrogen-bond acceptors (Lipinski definition) is 1. The van der Waals surface area contributed by atoms with E-state index in [1.165, 1.54) is 32.1 Å². The van der Waals surface area contributed by atoms with Gasteiger partial charge in [-0.15, -0.1) is 0 Å². The molecule has 0 saturated heterocycles. The van der Waals surface area contributed by atoms with Crippen molar-refractivity contribution < 1.29 is 4.79 Å². The Labute approximate surface area is 119 Å². The van der Waals surface area contributed by atoms with Gasteiger partial charge < -0.3 is 5.32 Å². The van der Waals surface area contributed by atoms with E-state index < -0.39 is 0 Å². The summed E-state index contributed by atoms with van der Waals surface area (Å²) in [5, 5.41) is 3.11. The number of fused-ring (bicyclic) bond motifs is 1. The summed E-state index contributed by atoms with van der Waals surface area (Å²) in [5.74, 6) is 2.39. The van der Waals surface area contributed by atoms with E-state index in [2.05, 4.69) is 28.2 Å². The third kappa shape index (κ3) is 3.97. The van der Waals surface area contributed by atoms with Crippen LogP contribution in [0.25, 0.3) is 0 Å². The van der Waals surface area contributed by atoms with E-state index in [1.807, 2.05) is 0 Å². The first-order valence-electron chi connectivity index (χ1n) is 7.58. The summed E-state index contributed by atoms with van der Waals surface area (Å²) < 4.78 is 0. The Morgan fingerprint density at radius 1 is 1.22 bits per heavy atom. The largest absolute Gasteiger partial charge is 0.356 e. The molecular weight excluding hydrogens is 290 g/mol. The van der Waals surface area contributed by atoms with Crippen LogP contribution in [0.3, 0.4) is 0 Å². The molecular formula is C15H26BrNO. The molecule has 0 spiro atoms. The number of hydrogen-bond donors (Lipinski definition) is 1. The van der Waals surface area contributed by atoms with Crippen LogP contribution >= 0.6 is 15.9 Å². The average Bonchev–Trinajstić information content (AvgIpc) is 2.37. The standard InChI is InChI=1S/C15H26BrNO/c1-11(16)8-9-17-15(18)14-7-6-12-4-2-3-5-13(12)10-14/h11-14H,2-10H2,1H3,(H,17,18). The van der Waals surface area contributed by atoms with Crippen molar-refractivity contribution in [3.63, 3.8) is 0 Å². The fraction of sp³-hybridized carbons (Fsp3) is 0.933. The molecule has 2 aliphatic rings. The Balaban J connectivity index is 1.74. The van der Waals surface area contributed by atoms with Crippen LogP contribution in [0.2, 0.25) is 0 Å². The number of rotatable bonds is 4. The molecule has 3 heteroatoms. The molecule has 1 N–H and O–H groups in total. The summed E-state index contributed by atoms with van der Waals surface area (Å²) in [7, 11) is 0. The van der Waals surface area contributed by atoms with Crippen molar-refractivity contribution in [3.05, 3.63) is 0 Å². The van der Waals surface area contributed by atoms with Crippen molar-refractivity contribution in [2.75, 3.05) is 6.54 Å². The molecule has 0 aliphatic heterocycles. The van der Waals surface area contributed by atoms with Gasteiger partial charge in [-0.1, -0.05) is 48.5 Å². The molecule has 0 aromatic heterocycles. The minimum absolute atomic E-state index is 0.301. The first-order chi connectivity index (χ1) is 8.66. The summed E-state index contributed by atoms with van der Waals surface area (Å²) in [4.78, 5) is 12.6. The van der Waals surface area contributed by atoms with Gasteiger partial charge in [-0.25, -0.2) is 0 Å². The molecule has 0 aromatic rings. The molecule has 2 saturated carbocycles. The number of halogens is 1. The lowest BCUT2D eigenvalue weighted by molar-refractivity contribution is -0.127. The number of amides is 1. The molecule has 0 aromatic carbocycles. The van der Waals surface area contributed by atoms with Crippen LogP contribution in [-0.4, -0.2) is 17.3 Å². The van der Waals surface area contributed by atoms with E-state index in [4.69, 9.17) is 0 Å². The molecule has 4 atom stereocenters. The Morgan fingerprint density at radius 2 is 1.94 bits per heavy atom. The minimum Gasteiger partial charge on any atom is -0.356 e. The van der Waals surface area contributed by atoms with Crippen LogP contribution in [0.15, 0.2) is 0 Å². The maximum atomic E-state index is 12.1. The molecule has 18 heavy (non-hydrogen) atoms. The number of carbonyl (C=O) groups is 1. The van der Waals surface area contributed by atoms with E-state index in [-0.39, 0.29) is 0 Å². The van der Waals surface area contributed by atoms with Gasteiger partial charge in [0.15, 0.2) is 0 Å². The van der Waals surface area contributed by atoms with Crippen molar-refractivity contribution in [2.24, 2.45) is 17.8 Å². The number of carbonyl (C=O) groups excluding carboxylic acids is 1. The van der Waals surface area contributed by atoms with Crippen LogP contribution < -0.4 is 5.32 Å². The third-order valence-corrected chi connectivity index (χ3v) is 5.21. The molecule has 4 unspecified atom stereocenters. The van der Waals surface area contributed by atoms with Crippen LogP contribution in [0.5, 0.6) is 0 Å². The summed E-state index contributed by atoms with van der Waals surface area (Å²) in [5.41, 5.74) is 0. The van der Waals surface area contributed by atoms with Gasteiger partial charge in [-0.2, -0.15) is 0 Å². The summed E-state index contributed by atoms with van der Waals surface area (Å²) in [6.07, 6.45) is 10.2. The van der Waals surface area contributed by atoms with Crippen LogP contribution in [0.4, 0.5) is 0 Å². The van der Waals surface area contributed by atoms with E-state index in [0.29, 0.717) is 16.7 Å². The normalized spacial score (nSPS) is 33.6. The molecule has 104 valence electrons. The second-order valence-corrected chi connectivity index (χ2v) is 7.74. The molecule has 2 rings (SSSR count). The predicted octanol–water partition coefficient (Wildman–Crippen LogP) is 3.88. The zero-order valence-electron chi connectivity index (χ0n) is 11.5. The van der Waals surface area contributed by atoms with Gasteiger partial charge in [0.1, 0.15) is 0 Å². The molecule has 2 nitrogen and oxygen atoms in total. The molecule has 0 bridgehead atoms. The van der Waals surface area contributed by atoms with Gasteiger partial charge >= 0.3 is 0 Å². The van der Waals surface area contributed by atoms with Gasteiger partial charge in [-0.3, -0.25) is 4.79 Å². The van der Waals surface area contributed by atoms with Crippen LogP contribution in [-0.2, 0) is 4.79 Å². The van der Waals surface area contributed by atoms with Crippen molar-refractivity contribution in [1.82, 2.24) is 5.32 Å². The van der Waals surface area contributed by atoms with Gasteiger partial charge in [0.2, 0.25) is 5.91 Å².